The Bertz CT molecular complexity index is 780. The number of halogens is 1. The number of anilines is 2. The van der Waals surface area contributed by atoms with Gasteiger partial charge in [0, 0.05) is 11.4 Å². The number of nitriles is 1. The van der Waals surface area contributed by atoms with Crippen molar-refractivity contribution in [3.05, 3.63) is 59.1 Å². The summed E-state index contributed by atoms with van der Waals surface area (Å²) in [6.07, 6.45) is 0. The van der Waals surface area contributed by atoms with Crippen LogP contribution in [0.2, 0.25) is 5.02 Å². The van der Waals surface area contributed by atoms with Gasteiger partial charge in [-0.3, -0.25) is 4.79 Å². The first kappa shape index (κ1) is 17.3. The van der Waals surface area contributed by atoms with Gasteiger partial charge in [-0.25, -0.2) is 0 Å². The number of rotatable bonds is 4. The van der Waals surface area contributed by atoms with Gasteiger partial charge in [-0.1, -0.05) is 29.8 Å². The fourth-order valence-electron chi connectivity index (χ4n) is 3.01. The highest BCUT2D eigenvalue weighted by molar-refractivity contribution is 6.32. The molecule has 0 atom stereocenters. The lowest BCUT2D eigenvalue weighted by Crippen LogP contribution is -3.15. The molecule has 0 aliphatic carbocycles. The number of nitrogens with zero attached hydrogens (tertiary/aromatic N) is 2. The maximum Gasteiger partial charge on any atom is 0.279 e. The van der Waals surface area contributed by atoms with E-state index >= 15 is 0 Å². The molecule has 1 fully saturated rings. The Morgan fingerprint density at radius 1 is 1.20 bits per heavy atom. The largest absolute Gasteiger partial charge is 0.360 e. The molecule has 1 amide bonds. The van der Waals surface area contributed by atoms with Crippen molar-refractivity contribution < 1.29 is 9.69 Å². The topological polar surface area (TPSA) is 60.6 Å². The van der Waals surface area contributed by atoms with Crippen LogP contribution in [0.4, 0.5) is 11.4 Å². The molecule has 1 aliphatic heterocycles. The van der Waals surface area contributed by atoms with E-state index in [0.29, 0.717) is 22.8 Å². The van der Waals surface area contributed by atoms with E-state index in [-0.39, 0.29) is 5.91 Å². The van der Waals surface area contributed by atoms with E-state index in [1.165, 1.54) is 10.6 Å². The summed E-state index contributed by atoms with van der Waals surface area (Å²) in [6, 6.07) is 17.3. The van der Waals surface area contributed by atoms with Gasteiger partial charge in [-0.15, -0.1) is 0 Å². The molecule has 2 N–H and O–H groups in total. The highest BCUT2D eigenvalue weighted by Gasteiger charge is 2.22. The Balaban J connectivity index is 1.50. The molecule has 0 aromatic heterocycles. The van der Waals surface area contributed by atoms with Crippen LogP contribution in [-0.2, 0) is 4.79 Å². The number of para-hydroxylation sites is 1. The number of quaternary nitrogens is 1. The first-order valence-corrected chi connectivity index (χ1v) is 8.66. The monoisotopic (exact) mass is 355 g/mol. The van der Waals surface area contributed by atoms with Gasteiger partial charge in [0.15, 0.2) is 6.54 Å². The normalized spacial score (nSPS) is 14.8. The molecule has 0 bridgehead atoms. The van der Waals surface area contributed by atoms with Crippen molar-refractivity contribution in [3.8, 4) is 6.07 Å². The van der Waals surface area contributed by atoms with Crippen molar-refractivity contribution >= 4 is 28.9 Å². The quantitative estimate of drug-likeness (QED) is 0.875. The maximum absolute atomic E-state index is 12.2. The second-order valence-electron chi connectivity index (χ2n) is 6.10. The van der Waals surface area contributed by atoms with Crippen LogP contribution in [-0.4, -0.2) is 38.6 Å². The molecule has 0 unspecified atom stereocenters. The van der Waals surface area contributed by atoms with Crippen molar-refractivity contribution in [2.45, 2.75) is 0 Å². The van der Waals surface area contributed by atoms with Gasteiger partial charge in [0.2, 0.25) is 0 Å². The predicted molar refractivity (Wildman–Crippen MR) is 99.0 cm³/mol. The summed E-state index contributed by atoms with van der Waals surface area (Å²) >= 11 is 5.99. The van der Waals surface area contributed by atoms with Crippen LogP contribution in [0.1, 0.15) is 5.56 Å². The lowest BCUT2D eigenvalue weighted by atomic mass is 10.2. The zero-order valence-electron chi connectivity index (χ0n) is 13.8. The Morgan fingerprint density at radius 2 is 1.92 bits per heavy atom. The second kappa shape index (κ2) is 8.02. The average Bonchev–Trinajstić information content (AvgIpc) is 2.63. The number of carbonyl (C=O) groups is 1. The number of carbonyl (C=O) groups excluding carboxylic acids is 1. The van der Waals surface area contributed by atoms with Crippen molar-refractivity contribution in [3.63, 3.8) is 0 Å². The maximum atomic E-state index is 12.2. The first-order chi connectivity index (χ1) is 12.2. The van der Waals surface area contributed by atoms with Crippen molar-refractivity contribution in [2.75, 3.05) is 42.9 Å². The summed E-state index contributed by atoms with van der Waals surface area (Å²) in [5.41, 5.74) is 2.26. The fraction of sp³-hybridized carbons (Fsp3) is 0.263. The molecule has 0 radical (unpaired) electrons. The van der Waals surface area contributed by atoms with Gasteiger partial charge >= 0.3 is 0 Å². The standard InChI is InChI=1S/C19H19ClN4O/c20-18-12-16(7-6-15(18)13-21)22-19(25)14-23-8-10-24(11-9-23)17-4-2-1-3-5-17/h1-7,12H,8-11,14H2,(H,22,25)/p+1. The van der Waals surface area contributed by atoms with E-state index in [4.69, 9.17) is 16.9 Å². The Labute approximate surface area is 152 Å². The molecule has 1 aliphatic rings. The molecule has 2 aromatic rings. The van der Waals surface area contributed by atoms with E-state index in [1.807, 2.05) is 24.3 Å². The minimum atomic E-state index is -0.0380. The Kier molecular flexibility index (Phi) is 5.54. The summed E-state index contributed by atoms with van der Waals surface area (Å²) in [6.45, 7) is 4.16. The first-order valence-electron chi connectivity index (χ1n) is 8.29. The molecular weight excluding hydrogens is 336 g/mol. The van der Waals surface area contributed by atoms with Crippen LogP contribution in [0, 0.1) is 11.3 Å². The molecule has 1 saturated heterocycles. The summed E-state index contributed by atoms with van der Waals surface area (Å²) in [5, 5.41) is 12.1. The van der Waals surface area contributed by atoms with E-state index < -0.39 is 0 Å². The minimum Gasteiger partial charge on any atom is -0.360 e. The van der Waals surface area contributed by atoms with Crippen molar-refractivity contribution in [1.29, 1.82) is 5.26 Å². The van der Waals surface area contributed by atoms with Crippen LogP contribution in [0.25, 0.3) is 0 Å². The zero-order valence-corrected chi connectivity index (χ0v) is 14.6. The summed E-state index contributed by atoms with van der Waals surface area (Å²) in [5.74, 6) is -0.0380. The van der Waals surface area contributed by atoms with Gasteiger partial charge in [-0.2, -0.15) is 5.26 Å². The number of nitrogens with one attached hydrogen (secondary N) is 2. The van der Waals surface area contributed by atoms with Crippen LogP contribution in [0.15, 0.2) is 48.5 Å². The zero-order chi connectivity index (χ0) is 17.6. The van der Waals surface area contributed by atoms with Gasteiger partial charge in [0.25, 0.3) is 5.91 Å². The van der Waals surface area contributed by atoms with Crippen LogP contribution >= 0.6 is 11.6 Å². The highest BCUT2D eigenvalue weighted by Crippen LogP contribution is 2.20. The van der Waals surface area contributed by atoms with Gasteiger partial charge in [-0.05, 0) is 30.3 Å². The third kappa shape index (κ3) is 4.50. The lowest BCUT2D eigenvalue weighted by Gasteiger charge is -2.33. The molecule has 0 spiro atoms. The van der Waals surface area contributed by atoms with E-state index in [2.05, 4.69) is 22.3 Å². The SMILES string of the molecule is N#Cc1ccc(NC(=O)C[NH+]2CCN(c3ccccc3)CC2)cc1Cl. The van der Waals surface area contributed by atoms with Crippen LogP contribution < -0.4 is 15.1 Å². The molecule has 0 saturated carbocycles. The smallest absolute Gasteiger partial charge is 0.279 e. The minimum absolute atomic E-state index is 0.0380. The van der Waals surface area contributed by atoms with Crippen molar-refractivity contribution in [1.82, 2.24) is 0 Å². The predicted octanol–water partition coefficient (Wildman–Crippen LogP) is 1.56. The lowest BCUT2D eigenvalue weighted by molar-refractivity contribution is -0.892. The number of hydrogen-bond acceptors (Lipinski definition) is 3. The average molecular weight is 356 g/mol. The molecular formula is C19H20ClN4O+. The molecule has 2 aromatic carbocycles. The third-order valence-electron chi connectivity index (χ3n) is 4.38. The highest BCUT2D eigenvalue weighted by atomic mass is 35.5. The van der Waals surface area contributed by atoms with Crippen LogP contribution in [0.5, 0.6) is 0 Å². The summed E-state index contributed by atoms with van der Waals surface area (Å²) < 4.78 is 0. The molecule has 25 heavy (non-hydrogen) atoms. The van der Waals surface area contributed by atoms with Gasteiger partial charge < -0.3 is 15.1 Å². The van der Waals surface area contributed by atoms with Crippen molar-refractivity contribution in [2.24, 2.45) is 0 Å². The molecule has 6 heteroatoms. The van der Waals surface area contributed by atoms with E-state index in [9.17, 15) is 4.79 Å². The Morgan fingerprint density at radius 3 is 2.56 bits per heavy atom. The van der Waals surface area contributed by atoms with E-state index in [1.54, 1.807) is 18.2 Å². The molecule has 5 nitrogen and oxygen atoms in total. The van der Waals surface area contributed by atoms with Gasteiger partial charge in [0.1, 0.15) is 6.07 Å². The molecule has 128 valence electrons. The number of amides is 1. The van der Waals surface area contributed by atoms with Gasteiger partial charge in [0.05, 0.1) is 36.8 Å². The molecule has 1 heterocycles. The second-order valence-corrected chi connectivity index (χ2v) is 6.51. The molecule has 3 rings (SSSR count). The number of benzene rings is 2. The number of piperazine rings is 1. The van der Waals surface area contributed by atoms with Crippen LogP contribution in [0.3, 0.4) is 0 Å². The Hall–Kier alpha value is -2.55. The summed E-state index contributed by atoms with van der Waals surface area (Å²) in [7, 11) is 0. The summed E-state index contributed by atoms with van der Waals surface area (Å²) in [4.78, 5) is 15.9. The van der Waals surface area contributed by atoms with E-state index in [0.717, 1.165) is 26.2 Å². The number of hydrogen-bond donors (Lipinski definition) is 2. The third-order valence-corrected chi connectivity index (χ3v) is 4.69. The fourth-order valence-corrected chi connectivity index (χ4v) is 3.24.